The normalized spacial score (nSPS) is 18.5. The quantitative estimate of drug-likeness (QED) is 0.220. The number of nitrogens with zero attached hydrogens (tertiary/aromatic N) is 2. The van der Waals surface area contributed by atoms with Gasteiger partial charge in [0.15, 0.2) is 5.76 Å². The number of piperidine rings is 1. The lowest BCUT2D eigenvalue weighted by molar-refractivity contribution is -0.568. The average molecular weight is 600 g/mol. The smallest absolute Gasteiger partial charge is 0.253 e. The monoisotopic (exact) mass is 599 g/mol. The summed E-state index contributed by atoms with van der Waals surface area (Å²) in [6.45, 7) is 9.34. The number of hydrogen-bond donors (Lipinski definition) is 2. The number of imide groups is 1. The van der Waals surface area contributed by atoms with Gasteiger partial charge >= 0.3 is 0 Å². The Kier molecular flexibility index (Phi) is 9.34. The van der Waals surface area contributed by atoms with Crippen molar-refractivity contribution in [3.8, 4) is 0 Å². The van der Waals surface area contributed by atoms with Crippen molar-refractivity contribution >= 4 is 40.0 Å². The van der Waals surface area contributed by atoms with Crippen LogP contribution in [0.15, 0.2) is 71.7 Å². The molecule has 5 rings (SSSR count). The molecule has 2 aliphatic heterocycles. The second kappa shape index (κ2) is 13.2. The lowest BCUT2D eigenvalue weighted by Gasteiger charge is -2.39. The highest BCUT2D eigenvalue weighted by atomic mass is 16.5. The zero-order chi connectivity index (χ0) is 31.4. The molecular formula is C35H43N4O5+. The van der Waals surface area contributed by atoms with Crippen LogP contribution in [0.3, 0.4) is 0 Å². The molecule has 0 bridgehead atoms. The van der Waals surface area contributed by atoms with Crippen LogP contribution in [0.2, 0.25) is 0 Å². The standard InChI is InChI=1S/C35H42N4O5/c1-5-36-27-11-10-24-8-6-7-9-25(24)31(27)35(2,3)17-14-26-33(43)32(34(26)44-4)38-19-15-23(16-20-38)22-28(40)37-18-21-39-29(41)12-13-30(39)42/h6-14,23,36H,5,15-22H2,1-4H3,(H,37,40)/p+1/b26-14+. The van der Waals surface area contributed by atoms with Crippen LogP contribution in [0.1, 0.15) is 52.0 Å². The molecule has 0 atom stereocenters. The largest absolute Gasteiger partial charge is 0.494 e. The molecule has 0 saturated carbocycles. The zero-order valence-corrected chi connectivity index (χ0v) is 26.2. The number of nitrogens with one attached hydrogen (secondary N) is 1. The molecule has 2 aromatic carbocycles. The predicted molar refractivity (Wildman–Crippen MR) is 169 cm³/mol. The molecule has 2 heterocycles. The van der Waals surface area contributed by atoms with Crippen molar-refractivity contribution in [2.75, 3.05) is 39.8 Å². The van der Waals surface area contributed by atoms with Crippen molar-refractivity contribution in [2.45, 2.75) is 51.9 Å². The number of rotatable bonds is 12. The first-order valence-electron chi connectivity index (χ1n) is 15.6. The molecular weight excluding hydrogens is 556 g/mol. The minimum Gasteiger partial charge on any atom is -0.494 e. The fourth-order valence-corrected chi connectivity index (χ4v) is 6.62. The fourth-order valence-electron chi connectivity index (χ4n) is 6.62. The van der Waals surface area contributed by atoms with Gasteiger partial charge in [-0.3, -0.25) is 24.1 Å². The van der Waals surface area contributed by atoms with Gasteiger partial charge in [0.1, 0.15) is 11.4 Å². The maximum absolute atomic E-state index is 13.4. The number of hydrogen-bond acceptors (Lipinski definition) is 6. The molecule has 2 aromatic rings. The van der Waals surface area contributed by atoms with Gasteiger partial charge in [-0.05, 0) is 60.4 Å². The molecule has 0 spiro atoms. The molecule has 0 unspecified atom stereocenters. The van der Waals surface area contributed by atoms with Crippen molar-refractivity contribution < 1.29 is 29.2 Å². The minimum atomic E-state index is -0.349. The van der Waals surface area contributed by atoms with Crippen LogP contribution in [-0.4, -0.2) is 73.1 Å². The van der Waals surface area contributed by atoms with E-state index in [2.05, 4.69) is 72.7 Å². The Morgan fingerprint density at radius 2 is 1.77 bits per heavy atom. The maximum atomic E-state index is 13.4. The van der Waals surface area contributed by atoms with Crippen LogP contribution in [0.5, 0.6) is 0 Å². The number of fused-ring (bicyclic) bond motifs is 1. The Bertz CT molecular complexity index is 1540. The molecule has 9 heteroatoms. The summed E-state index contributed by atoms with van der Waals surface area (Å²) >= 11 is 0. The SMILES string of the molecule is CC[NH2+]c1ccc2ccccc2c1C(C)(C)C/C=C1\C(=O)C(N2CCC(CC(=O)NCCN3C(=O)C=CC3=O)CC2)=C1OC. The number of ether oxygens (including phenoxy) is 1. The van der Waals surface area contributed by atoms with Gasteiger partial charge in [-0.15, -0.1) is 0 Å². The van der Waals surface area contributed by atoms with Crippen molar-refractivity contribution in [1.82, 2.24) is 15.1 Å². The summed E-state index contributed by atoms with van der Waals surface area (Å²) in [5.41, 5.74) is 3.61. The van der Waals surface area contributed by atoms with Gasteiger partial charge in [-0.1, -0.05) is 44.2 Å². The Labute approximate surface area is 259 Å². The predicted octanol–water partition coefficient (Wildman–Crippen LogP) is 3.23. The first-order chi connectivity index (χ1) is 21.1. The second-order valence-electron chi connectivity index (χ2n) is 12.4. The van der Waals surface area contributed by atoms with E-state index in [1.165, 1.54) is 34.2 Å². The third kappa shape index (κ3) is 6.33. The van der Waals surface area contributed by atoms with Crippen LogP contribution in [0, 0.1) is 5.92 Å². The van der Waals surface area contributed by atoms with Crippen molar-refractivity contribution in [3.05, 3.63) is 77.2 Å². The van der Waals surface area contributed by atoms with E-state index in [-0.39, 0.29) is 47.9 Å². The third-order valence-corrected chi connectivity index (χ3v) is 8.97. The molecule has 0 aromatic heterocycles. The van der Waals surface area contributed by atoms with Gasteiger partial charge in [-0.2, -0.15) is 0 Å². The molecule has 3 N–H and O–H groups in total. The highest BCUT2D eigenvalue weighted by molar-refractivity contribution is 6.18. The molecule has 232 valence electrons. The Balaban J connectivity index is 1.19. The van der Waals surface area contributed by atoms with Crippen LogP contribution in [-0.2, 0) is 29.3 Å². The van der Waals surface area contributed by atoms with Gasteiger partial charge in [0.25, 0.3) is 11.8 Å². The number of likely N-dealkylation sites (tertiary alicyclic amines) is 1. The average Bonchev–Trinajstić information content (AvgIpc) is 3.32. The minimum absolute atomic E-state index is 0.0209. The molecule has 9 nitrogen and oxygen atoms in total. The molecule has 1 saturated heterocycles. The van der Waals surface area contributed by atoms with E-state index in [0.29, 0.717) is 43.0 Å². The van der Waals surface area contributed by atoms with Crippen LogP contribution >= 0.6 is 0 Å². The molecule has 1 aliphatic carbocycles. The van der Waals surface area contributed by atoms with Crippen molar-refractivity contribution in [1.29, 1.82) is 0 Å². The summed E-state index contributed by atoms with van der Waals surface area (Å²) in [7, 11) is 1.62. The summed E-state index contributed by atoms with van der Waals surface area (Å²) in [5.74, 6) is 0.0887. The molecule has 3 amide bonds. The Morgan fingerprint density at radius 1 is 1.07 bits per heavy atom. The van der Waals surface area contributed by atoms with Gasteiger partial charge < -0.3 is 20.3 Å². The van der Waals surface area contributed by atoms with Crippen LogP contribution < -0.4 is 10.6 Å². The Morgan fingerprint density at radius 3 is 2.45 bits per heavy atom. The first kappa shape index (κ1) is 31.2. The number of ketones is 1. The van der Waals surface area contributed by atoms with Crippen LogP contribution in [0.4, 0.5) is 5.69 Å². The molecule has 44 heavy (non-hydrogen) atoms. The number of carbonyl (C=O) groups excluding carboxylic acids is 4. The van der Waals surface area contributed by atoms with E-state index in [0.717, 1.165) is 24.3 Å². The number of nitrogens with two attached hydrogens (primary N) is 1. The summed E-state index contributed by atoms with van der Waals surface area (Å²) in [5, 5.41) is 7.55. The van der Waals surface area contributed by atoms with E-state index in [1.807, 2.05) is 6.08 Å². The van der Waals surface area contributed by atoms with Crippen molar-refractivity contribution in [2.24, 2.45) is 5.92 Å². The van der Waals surface area contributed by atoms with E-state index in [9.17, 15) is 19.2 Å². The van der Waals surface area contributed by atoms with E-state index >= 15 is 0 Å². The fraction of sp³-hybridized carbons (Fsp3) is 0.429. The number of allylic oxidation sites excluding steroid dienone is 3. The maximum Gasteiger partial charge on any atom is 0.253 e. The molecule has 0 radical (unpaired) electrons. The second-order valence-corrected chi connectivity index (χ2v) is 12.4. The van der Waals surface area contributed by atoms with Gasteiger partial charge in [0, 0.05) is 50.3 Å². The molecule has 3 aliphatic rings. The van der Waals surface area contributed by atoms with E-state index in [1.54, 1.807) is 7.11 Å². The highest BCUT2D eigenvalue weighted by Gasteiger charge is 2.40. The Hall–Kier alpha value is -4.24. The van der Waals surface area contributed by atoms with Gasteiger partial charge in [0.05, 0.1) is 19.2 Å². The zero-order valence-electron chi connectivity index (χ0n) is 26.2. The highest BCUT2D eigenvalue weighted by Crippen LogP contribution is 2.40. The molecule has 1 fully saturated rings. The van der Waals surface area contributed by atoms with E-state index in [4.69, 9.17) is 4.74 Å². The summed E-state index contributed by atoms with van der Waals surface area (Å²) < 4.78 is 5.75. The number of carbonyl (C=O) groups is 4. The number of benzene rings is 2. The van der Waals surface area contributed by atoms with Gasteiger partial charge in [0.2, 0.25) is 11.7 Å². The van der Waals surface area contributed by atoms with Crippen LogP contribution in [0.25, 0.3) is 10.8 Å². The lowest BCUT2D eigenvalue weighted by atomic mass is 9.76. The van der Waals surface area contributed by atoms with Crippen molar-refractivity contribution in [3.63, 3.8) is 0 Å². The number of amides is 3. The number of methoxy groups -OCH3 is 1. The van der Waals surface area contributed by atoms with E-state index < -0.39 is 0 Å². The third-order valence-electron chi connectivity index (χ3n) is 8.97. The summed E-state index contributed by atoms with van der Waals surface area (Å²) in [6.07, 6.45) is 7.17. The lowest BCUT2D eigenvalue weighted by Crippen LogP contribution is -2.77. The number of Topliss-reactive ketones (excluding diaryl/α,β-unsaturated/α-hetero) is 1. The summed E-state index contributed by atoms with van der Waals surface area (Å²) in [6, 6.07) is 12.9. The van der Waals surface area contributed by atoms with Gasteiger partial charge in [-0.25, -0.2) is 0 Å². The first-order valence-corrected chi connectivity index (χ1v) is 15.6. The topological polar surface area (TPSA) is 113 Å². The summed E-state index contributed by atoms with van der Waals surface area (Å²) in [4.78, 5) is 52.4. The number of quaternary nitrogens is 1.